The average molecular weight is 260 g/mol. The van der Waals surface area contributed by atoms with Crippen LogP contribution in [0.2, 0.25) is 10.0 Å². The highest BCUT2D eigenvalue weighted by Gasteiger charge is 2.03. The molecule has 0 saturated heterocycles. The Hall–Kier alpha value is -1.19. The summed E-state index contributed by atoms with van der Waals surface area (Å²) in [6.07, 6.45) is 2.56. The first kappa shape index (κ1) is 12.9. The summed E-state index contributed by atoms with van der Waals surface area (Å²) in [5.74, 6) is -0.977. The average Bonchev–Trinajstić information content (AvgIpc) is 2.19. The van der Waals surface area contributed by atoms with E-state index in [1.165, 1.54) is 6.08 Å². The van der Waals surface area contributed by atoms with Crippen LogP contribution < -0.4 is 5.32 Å². The first-order valence-corrected chi connectivity index (χ1v) is 5.35. The normalized spacial score (nSPS) is 10.7. The van der Waals surface area contributed by atoms with E-state index in [0.717, 1.165) is 11.6 Å². The molecule has 0 aliphatic carbocycles. The summed E-state index contributed by atoms with van der Waals surface area (Å²) in [4.78, 5) is 10.2. The maximum atomic E-state index is 10.2. The number of carboxylic acids is 1. The van der Waals surface area contributed by atoms with E-state index < -0.39 is 5.97 Å². The minimum absolute atomic E-state index is 0.380. The molecule has 0 aromatic heterocycles. The molecule has 1 rings (SSSR count). The molecule has 0 fully saturated rings. The number of halogens is 2. The molecule has 0 bridgehead atoms. The van der Waals surface area contributed by atoms with E-state index >= 15 is 0 Å². The van der Waals surface area contributed by atoms with E-state index in [0.29, 0.717) is 22.3 Å². The Labute approximate surface area is 104 Å². The molecular formula is C11H11Cl2NO2. The Kier molecular flexibility index (Phi) is 4.65. The number of carbonyl (C=O) groups is 1. The van der Waals surface area contributed by atoms with Crippen molar-refractivity contribution in [2.24, 2.45) is 0 Å². The molecule has 86 valence electrons. The minimum Gasteiger partial charge on any atom is -0.478 e. The van der Waals surface area contributed by atoms with Gasteiger partial charge in [-0.25, -0.2) is 4.79 Å². The van der Waals surface area contributed by atoms with Crippen molar-refractivity contribution in [3.8, 4) is 0 Å². The van der Waals surface area contributed by atoms with E-state index in [9.17, 15) is 4.79 Å². The molecule has 0 saturated carbocycles. The van der Waals surface area contributed by atoms with Gasteiger partial charge >= 0.3 is 5.97 Å². The van der Waals surface area contributed by atoms with Gasteiger partial charge in [-0.15, -0.1) is 0 Å². The van der Waals surface area contributed by atoms with E-state index in [1.54, 1.807) is 12.1 Å². The fourth-order valence-electron chi connectivity index (χ4n) is 1.11. The van der Waals surface area contributed by atoms with Gasteiger partial charge in [0.05, 0.1) is 10.7 Å². The zero-order valence-electron chi connectivity index (χ0n) is 8.63. The lowest BCUT2D eigenvalue weighted by Gasteiger charge is -2.08. The molecule has 1 aromatic carbocycles. The third-order valence-corrected chi connectivity index (χ3v) is 2.64. The SMILES string of the molecule is Cc1cc(Cl)c(NC/C=C/C(=O)O)cc1Cl. The van der Waals surface area contributed by atoms with E-state index in [4.69, 9.17) is 28.3 Å². The zero-order chi connectivity index (χ0) is 12.1. The van der Waals surface area contributed by atoms with Crippen LogP contribution in [0.25, 0.3) is 0 Å². The molecule has 0 spiro atoms. The fourth-order valence-corrected chi connectivity index (χ4v) is 1.56. The summed E-state index contributed by atoms with van der Waals surface area (Å²) in [5, 5.41) is 12.5. The van der Waals surface area contributed by atoms with Gasteiger partial charge in [0, 0.05) is 17.6 Å². The Morgan fingerprint density at radius 2 is 2.12 bits per heavy atom. The van der Waals surface area contributed by atoms with Crippen LogP contribution in [0.1, 0.15) is 5.56 Å². The Bertz CT molecular complexity index is 430. The molecule has 16 heavy (non-hydrogen) atoms. The van der Waals surface area contributed by atoms with Crippen LogP contribution in [0.4, 0.5) is 5.69 Å². The molecular weight excluding hydrogens is 249 g/mol. The minimum atomic E-state index is -0.977. The van der Waals surface area contributed by atoms with Crippen molar-refractivity contribution in [1.29, 1.82) is 0 Å². The number of carboxylic acid groups (broad SMARTS) is 1. The lowest BCUT2D eigenvalue weighted by Crippen LogP contribution is -2.00. The van der Waals surface area contributed by atoms with Gasteiger partial charge in [0.15, 0.2) is 0 Å². The monoisotopic (exact) mass is 259 g/mol. The Balaban J connectivity index is 2.67. The van der Waals surface area contributed by atoms with Crippen molar-refractivity contribution >= 4 is 34.9 Å². The van der Waals surface area contributed by atoms with Crippen molar-refractivity contribution in [1.82, 2.24) is 0 Å². The summed E-state index contributed by atoms with van der Waals surface area (Å²) in [5.41, 5.74) is 1.59. The van der Waals surface area contributed by atoms with E-state index in [1.807, 2.05) is 6.92 Å². The predicted molar refractivity (Wildman–Crippen MR) is 66.5 cm³/mol. The summed E-state index contributed by atoms with van der Waals surface area (Å²) in [6, 6.07) is 3.47. The van der Waals surface area contributed by atoms with Crippen molar-refractivity contribution in [2.75, 3.05) is 11.9 Å². The van der Waals surface area contributed by atoms with Crippen LogP contribution >= 0.6 is 23.2 Å². The van der Waals surface area contributed by atoms with Crippen LogP contribution in [-0.4, -0.2) is 17.6 Å². The number of rotatable bonds is 4. The molecule has 1 aromatic rings. The zero-order valence-corrected chi connectivity index (χ0v) is 10.1. The molecule has 3 nitrogen and oxygen atoms in total. The number of aryl methyl sites for hydroxylation is 1. The largest absolute Gasteiger partial charge is 0.478 e. The van der Waals surface area contributed by atoms with E-state index in [-0.39, 0.29) is 0 Å². The van der Waals surface area contributed by atoms with Crippen LogP contribution in [0.15, 0.2) is 24.3 Å². The standard InChI is InChI=1S/C11H11Cl2NO2/c1-7-5-9(13)10(6-8(7)12)14-4-2-3-11(15)16/h2-3,5-6,14H,4H2,1H3,(H,15,16)/b3-2+. The van der Waals surface area contributed by atoms with Gasteiger partial charge in [-0.1, -0.05) is 29.3 Å². The van der Waals surface area contributed by atoms with Gasteiger partial charge in [-0.3, -0.25) is 0 Å². The molecule has 0 amide bonds. The van der Waals surface area contributed by atoms with Crippen molar-refractivity contribution in [2.45, 2.75) is 6.92 Å². The van der Waals surface area contributed by atoms with Gasteiger partial charge in [0.1, 0.15) is 0 Å². The third kappa shape index (κ3) is 3.76. The summed E-state index contributed by atoms with van der Waals surface area (Å²) < 4.78 is 0. The predicted octanol–water partition coefficient (Wildman–Crippen LogP) is 3.35. The van der Waals surface area contributed by atoms with Crippen molar-refractivity contribution in [3.05, 3.63) is 39.9 Å². The maximum absolute atomic E-state index is 10.2. The topological polar surface area (TPSA) is 49.3 Å². The summed E-state index contributed by atoms with van der Waals surface area (Å²) in [7, 11) is 0. The quantitative estimate of drug-likeness (QED) is 0.816. The number of nitrogens with one attached hydrogen (secondary N) is 1. The van der Waals surface area contributed by atoms with Crippen molar-refractivity contribution < 1.29 is 9.90 Å². The van der Waals surface area contributed by atoms with Gasteiger partial charge < -0.3 is 10.4 Å². The first-order valence-electron chi connectivity index (χ1n) is 4.59. The highest BCUT2D eigenvalue weighted by atomic mass is 35.5. The van der Waals surface area contributed by atoms with Gasteiger partial charge in [-0.05, 0) is 24.6 Å². The number of hydrogen-bond donors (Lipinski definition) is 2. The van der Waals surface area contributed by atoms with E-state index in [2.05, 4.69) is 5.32 Å². The number of benzene rings is 1. The maximum Gasteiger partial charge on any atom is 0.328 e. The first-order chi connectivity index (χ1) is 7.50. The van der Waals surface area contributed by atoms with Crippen LogP contribution in [0.3, 0.4) is 0 Å². The van der Waals surface area contributed by atoms with Gasteiger partial charge in [0.25, 0.3) is 0 Å². The lowest BCUT2D eigenvalue weighted by molar-refractivity contribution is -0.131. The Morgan fingerprint density at radius 3 is 2.75 bits per heavy atom. The van der Waals surface area contributed by atoms with Crippen LogP contribution in [0, 0.1) is 6.92 Å². The van der Waals surface area contributed by atoms with Gasteiger partial charge in [-0.2, -0.15) is 0 Å². The second-order valence-corrected chi connectivity index (χ2v) is 4.02. The molecule has 0 heterocycles. The van der Waals surface area contributed by atoms with Crippen molar-refractivity contribution in [3.63, 3.8) is 0 Å². The smallest absolute Gasteiger partial charge is 0.328 e. The number of anilines is 1. The summed E-state index contributed by atoms with van der Waals surface area (Å²) in [6.45, 7) is 2.24. The highest BCUT2D eigenvalue weighted by molar-refractivity contribution is 6.35. The molecule has 0 aliphatic rings. The second-order valence-electron chi connectivity index (χ2n) is 3.20. The summed E-state index contributed by atoms with van der Waals surface area (Å²) >= 11 is 11.9. The molecule has 0 aliphatic heterocycles. The molecule has 0 unspecified atom stereocenters. The van der Waals surface area contributed by atoms with Crippen LogP contribution in [0.5, 0.6) is 0 Å². The fraction of sp³-hybridized carbons (Fsp3) is 0.182. The molecule has 2 N–H and O–H groups in total. The van der Waals surface area contributed by atoms with Gasteiger partial charge in [0.2, 0.25) is 0 Å². The third-order valence-electron chi connectivity index (χ3n) is 1.92. The number of hydrogen-bond acceptors (Lipinski definition) is 2. The Morgan fingerprint density at radius 1 is 1.44 bits per heavy atom. The molecule has 0 atom stereocenters. The lowest BCUT2D eigenvalue weighted by atomic mass is 10.2. The molecule has 0 radical (unpaired) electrons. The highest BCUT2D eigenvalue weighted by Crippen LogP contribution is 2.28. The number of aliphatic carboxylic acids is 1. The molecule has 5 heteroatoms. The second kappa shape index (κ2) is 5.77. The van der Waals surface area contributed by atoms with Crippen LogP contribution in [-0.2, 0) is 4.79 Å².